The lowest BCUT2D eigenvalue weighted by Gasteiger charge is -2.41. The van der Waals surface area contributed by atoms with Crippen LogP contribution in [-0.4, -0.2) is 13.2 Å². The van der Waals surface area contributed by atoms with E-state index in [0.29, 0.717) is 5.41 Å². The highest BCUT2D eigenvalue weighted by Crippen LogP contribution is 2.43. The van der Waals surface area contributed by atoms with E-state index >= 15 is 0 Å². The number of benzene rings is 1. The molecule has 0 radical (unpaired) electrons. The topological polar surface area (TPSA) is 47.3 Å². The molecule has 0 amide bonds. The standard InChI is InChI=1S/C16H26N2O/c1-3-8-19-15-10-13(17)9-14(11-15)18-12-16(4-2)6-5-7-16/h9-11,18H,3-8,12,17H2,1-2H3. The predicted octanol–water partition coefficient (Wildman–Crippen LogP) is 4.05. The molecule has 1 aromatic rings. The molecule has 3 nitrogen and oxygen atoms in total. The molecule has 0 atom stereocenters. The third-order valence-electron chi connectivity index (χ3n) is 4.23. The van der Waals surface area contributed by atoms with Crippen LogP contribution in [0.3, 0.4) is 0 Å². The van der Waals surface area contributed by atoms with Crippen LogP contribution in [0.5, 0.6) is 5.75 Å². The summed E-state index contributed by atoms with van der Waals surface area (Å²) in [5.41, 5.74) is 8.27. The highest BCUT2D eigenvalue weighted by molar-refractivity contribution is 5.59. The summed E-state index contributed by atoms with van der Waals surface area (Å²) in [6.07, 6.45) is 6.32. The van der Waals surface area contributed by atoms with Crippen molar-refractivity contribution in [3.63, 3.8) is 0 Å². The Hall–Kier alpha value is -1.38. The number of ether oxygens (including phenoxy) is 1. The van der Waals surface area contributed by atoms with Gasteiger partial charge in [0.2, 0.25) is 0 Å². The maximum absolute atomic E-state index is 5.93. The highest BCUT2D eigenvalue weighted by Gasteiger charge is 2.34. The number of rotatable bonds is 7. The van der Waals surface area contributed by atoms with E-state index in [1.165, 1.54) is 25.7 Å². The first-order valence-electron chi connectivity index (χ1n) is 7.45. The van der Waals surface area contributed by atoms with E-state index in [2.05, 4.69) is 19.2 Å². The molecule has 0 bridgehead atoms. The Kier molecular flexibility index (Phi) is 4.56. The molecule has 0 unspecified atom stereocenters. The van der Waals surface area contributed by atoms with Crippen LogP contribution in [0.25, 0.3) is 0 Å². The van der Waals surface area contributed by atoms with Crippen LogP contribution in [-0.2, 0) is 0 Å². The Morgan fingerprint density at radius 1 is 1.26 bits per heavy atom. The summed E-state index contributed by atoms with van der Waals surface area (Å²) in [5.74, 6) is 0.864. The summed E-state index contributed by atoms with van der Waals surface area (Å²) in [5, 5.41) is 3.54. The van der Waals surface area contributed by atoms with Crippen molar-refractivity contribution >= 4 is 11.4 Å². The second-order valence-electron chi connectivity index (χ2n) is 5.70. The van der Waals surface area contributed by atoms with Crippen molar-refractivity contribution in [1.29, 1.82) is 0 Å². The fourth-order valence-electron chi connectivity index (χ4n) is 2.65. The van der Waals surface area contributed by atoms with E-state index in [4.69, 9.17) is 10.5 Å². The molecular formula is C16H26N2O. The van der Waals surface area contributed by atoms with Crippen molar-refractivity contribution in [3.8, 4) is 5.75 Å². The molecule has 0 aromatic heterocycles. The van der Waals surface area contributed by atoms with Crippen LogP contribution in [0.2, 0.25) is 0 Å². The minimum absolute atomic E-state index is 0.509. The van der Waals surface area contributed by atoms with Crippen molar-refractivity contribution in [1.82, 2.24) is 0 Å². The molecule has 3 N–H and O–H groups in total. The molecule has 0 heterocycles. The Balaban J connectivity index is 1.97. The van der Waals surface area contributed by atoms with E-state index in [1.807, 2.05) is 18.2 Å². The average molecular weight is 262 g/mol. The number of nitrogen functional groups attached to an aromatic ring is 1. The van der Waals surface area contributed by atoms with E-state index in [0.717, 1.165) is 36.7 Å². The molecule has 2 rings (SSSR count). The van der Waals surface area contributed by atoms with Gasteiger partial charge in [0.05, 0.1) is 6.61 Å². The van der Waals surface area contributed by atoms with Gasteiger partial charge in [0, 0.05) is 30.1 Å². The van der Waals surface area contributed by atoms with E-state index in [9.17, 15) is 0 Å². The summed E-state index contributed by atoms with van der Waals surface area (Å²) in [6.45, 7) is 6.17. The minimum atomic E-state index is 0.509. The number of nitrogens with one attached hydrogen (secondary N) is 1. The first kappa shape index (κ1) is 14.0. The van der Waals surface area contributed by atoms with Gasteiger partial charge in [-0.3, -0.25) is 0 Å². The Bertz CT molecular complexity index is 408. The van der Waals surface area contributed by atoms with Crippen molar-refractivity contribution in [2.24, 2.45) is 5.41 Å². The van der Waals surface area contributed by atoms with E-state index in [-0.39, 0.29) is 0 Å². The third kappa shape index (κ3) is 3.55. The Morgan fingerprint density at radius 3 is 2.63 bits per heavy atom. The third-order valence-corrected chi connectivity index (χ3v) is 4.23. The predicted molar refractivity (Wildman–Crippen MR) is 81.7 cm³/mol. The average Bonchev–Trinajstić information content (AvgIpc) is 2.35. The zero-order chi connectivity index (χ0) is 13.7. The summed E-state index contributed by atoms with van der Waals surface area (Å²) in [7, 11) is 0. The number of hydrogen-bond acceptors (Lipinski definition) is 3. The first-order valence-corrected chi connectivity index (χ1v) is 7.45. The van der Waals surface area contributed by atoms with Gasteiger partial charge in [0.25, 0.3) is 0 Å². The first-order chi connectivity index (χ1) is 9.17. The maximum Gasteiger partial charge on any atom is 0.123 e. The molecule has 1 aliphatic carbocycles. The Labute approximate surface area is 116 Å². The zero-order valence-electron chi connectivity index (χ0n) is 12.2. The summed E-state index contributed by atoms with van der Waals surface area (Å²) in [6, 6.07) is 5.93. The SMILES string of the molecule is CCCOc1cc(N)cc(NCC2(CC)CCC2)c1. The number of anilines is 2. The van der Waals surface area contributed by atoms with Gasteiger partial charge in [0.15, 0.2) is 0 Å². The summed E-state index contributed by atoms with van der Waals surface area (Å²) < 4.78 is 5.66. The van der Waals surface area contributed by atoms with Crippen LogP contribution >= 0.6 is 0 Å². The normalized spacial score (nSPS) is 16.7. The molecule has 106 valence electrons. The molecule has 1 saturated carbocycles. The lowest BCUT2D eigenvalue weighted by Crippen LogP contribution is -2.35. The molecule has 19 heavy (non-hydrogen) atoms. The van der Waals surface area contributed by atoms with Gasteiger partial charge in [-0.2, -0.15) is 0 Å². The van der Waals surface area contributed by atoms with Gasteiger partial charge in [-0.1, -0.05) is 20.3 Å². The largest absolute Gasteiger partial charge is 0.493 e. The van der Waals surface area contributed by atoms with Crippen molar-refractivity contribution in [3.05, 3.63) is 18.2 Å². The summed E-state index contributed by atoms with van der Waals surface area (Å²) >= 11 is 0. The second-order valence-corrected chi connectivity index (χ2v) is 5.70. The molecule has 0 aliphatic heterocycles. The molecule has 1 fully saturated rings. The molecule has 0 saturated heterocycles. The zero-order valence-corrected chi connectivity index (χ0v) is 12.2. The van der Waals surface area contributed by atoms with Crippen LogP contribution in [0.4, 0.5) is 11.4 Å². The lowest BCUT2D eigenvalue weighted by molar-refractivity contribution is 0.145. The van der Waals surface area contributed by atoms with Gasteiger partial charge in [-0.15, -0.1) is 0 Å². The lowest BCUT2D eigenvalue weighted by atomic mass is 9.67. The fraction of sp³-hybridized carbons (Fsp3) is 0.625. The van der Waals surface area contributed by atoms with Crippen LogP contribution < -0.4 is 15.8 Å². The number of hydrogen-bond donors (Lipinski definition) is 2. The van der Waals surface area contributed by atoms with Gasteiger partial charge in [0.1, 0.15) is 5.75 Å². The van der Waals surface area contributed by atoms with Crippen LogP contribution in [0.15, 0.2) is 18.2 Å². The quantitative estimate of drug-likeness (QED) is 0.729. The number of nitrogens with two attached hydrogens (primary N) is 1. The van der Waals surface area contributed by atoms with Crippen molar-refractivity contribution in [2.75, 3.05) is 24.2 Å². The molecule has 3 heteroatoms. The van der Waals surface area contributed by atoms with Crippen LogP contribution in [0, 0.1) is 5.41 Å². The van der Waals surface area contributed by atoms with E-state index < -0.39 is 0 Å². The van der Waals surface area contributed by atoms with Gasteiger partial charge >= 0.3 is 0 Å². The van der Waals surface area contributed by atoms with Gasteiger partial charge in [-0.25, -0.2) is 0 Å². The second kappa shape index (κ2) is 6.18. The van der Waals surface area contributed by atoms with Crippen LogP contribution in [0.1, 0.15) is 46.0 Å². The highest BCUT2D eigenvalue weighted by atomic mass is 16.5. The smallest absolute Gasteiger partial charge is 0.123 e. The van der Waals surface area contributed by atoms with Crippen molar-refractivity contribution < 1.29 is 4.74 Å². The summed E-state index contributed by atoms with van der Waals surface area (Å²) in [4.78, 5) is 0. The Morgan fingerprint density at radius 2 is 2.05 bits per heavy atom. The monoisotopic (exact) mass is 262 g/mol. The molecule has 1 aromatic carbocycles. The van der Waals surface area contributed by atoms with Crippen molar-refractivity contribution in [2.45, 2.75) is 46.0 Å². The fourth-order valence-corrected chi connectivity index (χ4v) is 2.65. The van der Waals surface area contributed by atoms with E-state index in [1.54, 1.807) is 0 Å². The van der Waals surface area contributed by atoms with Gasteiger partial charge in [-0.05, 0) is 37.2 Å². The van der Waals surface area contributed by atoms with Gasteiger partial charge < -0.3 is 15.8 Å². The molecular weight excluding hydrogens is 236 g/mol. The molecule has 0 spiro atoms. The molecule has 1 aliphatic rings. The minimum Gasteiger partial charge on any atom is -0.493 e. The maximum atomic E-state index is 5.93.